The van der Waals surface area contributed by atoms with Crippen LogP contribution < -0.4 is 14.5 Å². The summed E-state index contributed by atoms with van der Waals surface area (Å²) in [4.78, 5) is 12.8. The molecule has 38 heavy (non-hydrogen) atoms. The first-order chi connectivity index (χ1) is 18.3. The lowest BCUT2D eigenvalue weighted by Crippen LogP contribution is -2.40. The van der Waals surface area contributed by atoms with Crippen LogP contribution in [0.2, 0.25) is 5.02 Å². The summed E-state index contributed by atoms with van der Waals surface area (Å²) in [6.07, 6.45) is 1.47. The Balaban J connectivity index is 1.40. The van der Waals surface area contributed by atoms with Gasteiger partial charge in [-0.15, -0.1) is 0 Å². The molecule has 4 rings (SSSR count). The van der Waals surface area contributed by atoms with Gasteiger partial charge in [0.2, 0.25) is 0 Å². The lowest BCUT2D eigenvalue weighted by Gasteiger charge is -2.25. The number of ether oxygens (including phenoxy) is 1. The van der Waals surface area contributed by atoms with E-state index in [2.05, 4.69) is 10.5 Å². The number of anilines is 1. The Kier molecular flexibility index (Phi) is 8.78. The summed E-state index contributed by atoms with van der Waals surface area (Å²) < 4.78 is 33.7. The minimum Gasteiger partial charge on any atom is -0.489 e. The number of halogens is 1. The van der Waals surface area contributed by atoms with Gasteiger partial charge in [-0.3, -0.25) is 9.10 Å². The number of carbonyl (C=O) groups is 1. The maximum absolute atomic E-state index is 13.4. The Morgan fingerprint density at radius 3 is 2.29 bits per heavy atom. The number of nitrogens with one attached hydrogen (secondary N) is 1. The van der Waals surface area contributed by atoms with Crippen molar-refractivity contribution < 1.29 is 17.9 Å². The van der Waals surface area contributed by atoms with Crippen LogP contribution in [0, 0.1) is 6.92 Å². The van der Waals surface area contributed by atoms with Gasteiger partial charge >= 0.3 is 0 Å². The summed E-state index contributed by atoms with van der Waals surface area (Å²) in [6, 6.07) is 29.6. The highest BCUT2D eigenvalue weighted by Crippen LogP contribution is 2.26. The molecule has 1 N–H and O–H groups in total. The maximum Gasteiger partial charge on any atom is 0.264 e. The summed E-state index contributed by atoms with van der Waals surface area (Å²) in [7, 11) is -3.98. The number of sulfonamides is 1. The van der Waals surface area contributed by atoms with Crippen LogP contribution in [-0.4, -0.2) is 27.1 Å². The van der Waals surface area contributed by atoms with E-state index in [9.17, 15) is 13.2 Å². The lowest BCUT2D eigenvalue weighted by molar-refractivity contribution is -0.119. The van der Waals surface area contributed by atoms with Crippen LogP contribution in [0.4, 0.5) is 5.69 Å². The molecule has 0 fully saturated rings. The predicted molar refractivity (Wildman–Crippen MR) is 150 cm³/mol. The first-order valence-electron chi connectivity index (χ1n) is 11.8. The molecular formula is C29H26ClN3O4S. The second kappa shape index (κ2) is 12.4. The number of carbonyl (C=O) groups excluding carboxylic acids is 1. The summed E-state index contributed by atoms with van der Waals surface area (Å²) in [5.41, 5.74) is 5.17. The molecular weight excluding hydrogens is 522 g/mol. The van der Waals surface area contributed by atoms with Crippen LogP contribution in [0.15, 0.2) is 113 Å². The number of nitrogens with zero attached hydrogens (tertiary/aromatic N) is 2. The van der Waals surface area contributed by atoms with Gasteiger partial charge in [0.1, 0.15) is 18.9 Å². The molecule has 0 spiro atoms. The molecule has 0 aliphatic heterocycles. The fourth-order valence-electron chi connectivity index (χ4n) is 3.63. The molecule has 4 aromatic rings. The number of aryl methyl sites for hydroxylation is 1. The molecule has 0 heterocycles. The minimum atomic E-state index is -3.98. The van der Waals surface area contributed by atoms with E-state index in [1.807, 2.05) is 30.3 Å². The van der Waals surface area contributed by atoms with Gasteiger partial charge < -0.3 is 4.74 Å². The Morgan fingerprint density at radius 2 is 1.58 bits per heavy atom. The lowest BCUT2D eigenvalue weighted by atomic mass is 10.2. The zero-order chi connectivity index (χ0) is 27.0. The Hall–Kier alpha value is -4.14. The second-order valence-electron chi connectivity index (χ2n) is 8.35. The fraction of sp³-hybridized carbons (Fsp3) is 0.103. The van der Waals surface area contributed by atoms with Crippen LogP contribution in [-0.2, 0) is 21.4 Å². The van der Waals surface area contributed by atoms with E-state index in [4.69, 9.17) is 16.3 Å². The summed E-state index contributed by atoms with van der Waals surface area (Å²) in [6.45, 7) is 1.70. The average molecular weight is 548 g/mol. The molecule has 0 aromatic heterocycles. The molecule has 1 amide bonds. The van der Waals surface area contributed by atoms with Crippen LogP contribution in [0.5, 0.6) is 5.75 Å². The molecule has 0 saturated carbocycles. The van der Waals surface area contributed by atoms with Crippen molar-refractivity contribution in [2.24, 2.45) is 5.10 Å². The summed E-state index contributed by atoms with van der Waals surface area (Å²) >= 11 is 6.16. The van der Waals surface area contributed by atoms with E-state index in [0.29, 0.717) is 23.1 Å². The molecule has 4 aromatic carbocycles. The van der Waals surface area contributed by atoms with Crippen molar-refractivity contribution in [2.45, 2.75) is 18.4 Å². The predicted octanol–water partition coefficient (Wildman–Crippen LogP) is 5.57. The second-order valence-corrected chi connectivity index (χ2v) is 10.6. The van der Waals surface area contributed by atoms with Crippen LogP contribution in [0.3, 0.4) is 0 Å². The van der Waals surface area contributed by atoms with Crippen LogP contribution in [0.1, 0.15) is 16.7 Å². The first-order valence-corrected chi connectivity index (χ1v) is 13.6. The SMILES string of the molecule is Cc1ccccc1N(CC(=O)N/N=C\c1ccc(OCc2ccccc2Cl)cc1)S(=O)(=O)c1ccccc1. The monoisotopic (exact) mass is 547 g/mol. The van der Waals surface area contributed by atoms with Gasteiger partial charge in [0.15, 0.2) is 0 Å². The van der Waals surface area contributed by atoms with Crippen molar-refractivity contribution in [2.75, 3.05) is 10.8 Å². The molecule has 9 heteroatoms. The largest absolute Gasteiger partial charge is 0.489 e. The van der Waals surface area contributed by atoms with Crippen LogP contribution in [0.25, 0.3) is 0 Å². The number of hydrogen-bond acceptors (Lipinski definition) is 5. The Morgan fingerprint density at radius 1 is 0.921 bits per heavy atom. The summed E-state index contributed by atoms with van der Waals surface area (Å²) in [5, 5.41) is 4.64. The zero-order valence-corrected chi connectivity index (χ0v) is 22.2. The normalized spacial score (nSPS) is 11.3. The van der Waals surface area contributed by atoms with Gasteiger partial charge in [0.05, 0.1) is 16.8 Å². The van der Waals surface area contributed by atoms with Gasteiger partial charge in [-0.2, -0.15) is 5.10 Å². The van der Waals surface area contributed by atoms with E-state index < -0.39 is 22.5 Å². The molecule has 0 aliphatic rings. The Labute approximate surface area is 227 Å². The fourth-order valence-corrected chi connectivity index (χ4v) is 5.33. The highest BCUT2D eigenvalue weighted by atomic mass is 35.5. The number of amides is 1. The van der Waals surface area contributed by atoms with Crippen molar-refractivity contribution in [1.29, 1.82) is 0 Å². The molecule has 7 nitrogen and oxygen atoms in total. The smallest absolute Gasteiger partial charge is 0.264 e. The molecule has 0 saturated heterocycles. The van der Waals surface area contributed by atoms with Crippen molar-refractivity contribution in [1.82, 2.24) is 5.43 Å². The molecule has 0 radical (unpaired) electrons. The highest BCUT2D eigenvalue weighted by Gasteiger charge is 2.27. The van der Waals surface area contributed by atoms with Crippen molar-refractivity contribution in [3.05, 3.63) is 125 Å². The molecule has 0 unspecified atom stereocenters. The van der Waals surface area contributed by atoms with Gasteiger partial charge in [-0.25, -0.2) is 13.8 Å². The number of rotatable bonds is 10. The third-order valence-electron chi connectivity index (χ3n) is 5.64. The van der Waals surface area contributed by atoms with Gasteiger partial charge in [0.25, 0.3) is 15.9 Å². The van der Waals surface area contributed by atoms with Crippen molar-refractivity contribution in [3.63, 3.8) is 0 Å². The number of benzene rings is 4. The molecule has 0 bridgehead atoms. The van der Waals surface area contributed by atoms with Gasteiger partial charge in [-0.05, 0) is 66.6 Å². The van der Waals surface area contributed by atoms with E-state index >= 15 is 0 Å². The molecule has 0 aliphatic carbocycles. The minimum absolute atomic E-state index is 0.0939. The van der Waals surface area contributed by atoms with Crippen molar-refractivity contribution >= 4 is 39.4 Å². The van der Waals surface area contributed by atoms with E-state index in [1.165, 1.54) is 18.3 Å². The number of hydrogen-bond donors (Lipinski definition) is 1. The van der Waals surface area contributed by atoms with Crippen LogP contribution >= 0.6 is 11.6 Å². The van der Waals surface area contributed by atoms with E-state index in [1.54, 1.807) is 67.6 Å². The topological polar surface area (TPSA) is 88.1 Å². The maximum atomic E-state index is 13.4. The number of para-hydroxylation sites is 1. The van der Waals surface area contributed by atoms with Crippen molar-refractivity contribution in [3.8, 4) is 5.75 Å². The van der Waals surface area contributed by atoms with E-state index in [-0.39, 0.29) is 4.90 Å². The van der Waals surface area contributed by atoms with E-state index in [0.717, 1.165) is 21.0 Å². The first kappa shape index (κ1) is 26.9. The molecule has 0 atom stereocenters. The number of hydrazone groups is 1. The summed E-state index contributed by atoms with van der Waals surface area (Å²) in [5.74, 6) is 0.0785. The van der Waals surface area contributed by atoms with Gasteiger partial charge in [0, 0.05) is 10.6 Å². The average Bonchev–Trinajstić information content (AvgIpc) is 2.93. The third kappa shape index (κ3) is 6.79. The quantitative estimate of drug-likeness (QED) is 0.207. The highest BCUT2D eigenvalue weighted by molar-refractivity contribution is 7.92. The standard InChI is InChI=1S/C29H26ClN3O4S/c1-22-9-5-8-14-28(22)33(38(35,36)26-11-3-2-4-12-26)20-29(34)32-31-19-23-15-17-25(18-16-23)37-21-24-10-6-7-13-27(24)30/h2-19H,20-21H2,1H3,(H,32,34)/b31-19-. The zero-order valence-electron chi connectivity index (χ0n) is 20.6. The molecule has 194 valence electrons. The third-order valence-corrected chi connectivity index (χ3v) is 7.78. The Bertz CT molecular complexity index is 1530. The van der Waals surface area contributed by atoms with Gasteiger partial charge in [-0.1, -0.05) is 66.2 Å².